The Morgan fingerprint density at radius 2 is 1.81 bits per heavy atom. The Labute approximate surface area is 101 Å². The van der Waals surface area contributed by atoms with Gasteiger partial charge in [-0.25, -0.2) is 0 Å². The van der Waals surface area contributed by atoms with Gasteiger partial charge in [0, 0.05) is 18.1 Å². The summed E-state index contributed by atoms with van der Waals surface area (Å²) in [5, 5.41) is 0. The van der Waals surface area contributed by atoms with E-state index >= 15 is 0 Å². The minimum Gasteiger partial charge on any atom is -0.328 e. The lowest BCUT2D eigenvalue weighted by Crippen LogP contribution is -2.48. The van der Waals surface area contributed by atoms with E-state index in [2.05, 4.69) is 25.7 Å². The van der Waals surface area contributed by atoms with Crippen molar-refractivity contribution in [2.24, 2.45) is 11.1 Å². The number of nitrogens with zero attached hydrogens (tertiary/aromatic N) is 1. The first-order valence-electron chi connectivity index (χ1n) is 7.08. The molecule has 2 fully saturated rings. The molecule has 2 nitrogen and oxygen atoms in total. The van der Waals surface area contributed by atoms with Crippen LogP contribution in [0.3, 0.4) is 0 Å². The van der Waals surface area contributed by atoms with Crippen molar-refractivity contribution in [3.8, 4) is 0 Å². The molecular formula is C14H28N2. The lowest BCUT2D eigenvalue weighted by molar-refractivity contribution is 0.0780. The summed E-state index contributed by atoms with van der Waals surface area (Å²) in [6.07, 6.45) is 7.94. The number of nitrogens with two attached hydrogens (primary N) is 1. The topological polar surface area (TPSA) is 29.3 Å². The Balaban J connectivity index is 1.94. The van der Waals surface area contributed by atoms with Crippen LogP contribution in [0.25, 0.3) is 0 Å². The SMILES string of the molecule is CCN(C1CCC(N)CC1)C(C)C1(C)CC1. The molecule has 94 valence electrons. The second-order valence-corrected chi connectivity index (χ2v) is 6.23. The summed E-state index contributed by atoms with van der Waals surface area (Å²) in [5.41, 5.74) is 6.61. The maximum absolute atomic E-state index is 5.99. The van der Waals surface area contributed by atoms with Gasteiger partial charge >= 0.3 is 0 Å². The quantitative estimate of drug-likeness (QED) is 0.795. The van der Waals surface area contributed by atoms with E-state index in [9.17, 15) is 0 Å². The standard InChI is InChI=1S/C14H28N2/c1-4-16(11(2)14(3)9-10-14)13-7-5-12(15)6-8-13/h11-13H,4-10,15H2,1-3H3. The van der Waals surface area contributed by atoms with Crippen LogP contribution in [-0.2, 0) is 0 Å². The molecule has 0 aromatic heterocycles. The molecule has 0 heterocycles. The van der Waals surface area contributed by atoms with E-state index in [1.54, 1.807) is 0 Å². The molecule has 0 amide bonds. The highest BCUT2D eigenvalue weighted by atomic mass is 15.2. The van der Waals surface area contributed by atoms with Crippen LogP contribution in [0.1, 0.15) is 59.3 Å². The first-order valence-corrected chi connectivity index (χ1v) is 7.08. The van der Waals surface area contributed by atoms with E-state index in [0.29, 0.717) is 11.5 Å². The van der Waals surface area contributed by atoms with Gasteiger partial charge in [0.1, 0.15) is 0 Å². The first kappa shape index (κ1) is 12.4. The van der Waals surface area contributed by atoms with Crippen molar-refractivity contribution in [3.63, 3.8) is 0 Å². The predicted octanol–water partition coefficient (Wildman–Crippen LogP) is 2.77. The van der Waals surface area contributed by atoms with Gasteiger partial charge in [0.05, 0.1) is 0 Å². The maximum atomic E-state index is 5.99. The normalized spacial score (nSPS) is 35.1. The van der Waals surface area contributed by atoms with Crippen molar-refractivity contribution in [2.75, 3.05) is 6.54 Å². The zero-order valence-electron chi connectivity index (χ0n) is 11.2. The maximum Gasteiger partial charge on any atom is 0.0124 e. The number of hydrogen-bond donors (Lipinski definition) is 1. The van der Waals surface area contributed by atoms with Crippen molar-refractivity contribution in [1.29, 1.82) is 0 Å². The molecule has 2 aliphatic rings. The third-order valence-electron chi connectivity index (χ3n) is 5.12. The molecule has 2 rings (SSSR count). The van der Waals surface area contributed by atoms with Crippen molar-refractivity contribution < 1.29 is 0 Å². The summed E-state index contributed by atoms with van der Waals surface area (Å²) in [5.74, 6) is 0. The minimum absolute atomic E-state index is 0.474. The van der Waals surface area contributed by atoms with Crippen LogP contribution in [0.4, 0.5) is 0 Å². The Morgan fingerprint density at radius 1 is 1.25 bits per heavy atom. The molecule has 0 radical (unpaired) electrons. The molecule has 0 aromatic carbocycles. The monoisotopic (exact) mass is 224 g/mol. The van der Waals surface area contributed by atoms with Crippen molar-refractivity contribution >= 4 is 0 Å². The Bertz CT molecular complexity index is 227. The van der Waals surface area contributed by atoms with Crippen LogP contribution in [0, 0.1) is 5.41 Å². The molecule has 2 saturated carbocycles. The van der Waals surface area contributed by atoms with Crippen LogP contribution >= 0.6 is 0 Å². The highest BCUT2D eigenvalue weighted by molar-refractivity contribution is 4.99. The molecule has 1 unspecified atom stereocenters. The molecular weight excluding hydrogens is 196 g/mol. The lowest BCUT2D eigenvalue weighted by Gasteiger charge is -2.41. The highest BCUT2D eigenvalue weighted by Gasteiger charge is 2.45. The summed E-state index contributed by atoms with van der Waals surface area (Å²) >= 11 is 0. The smallest absolute Gasteiger partial charge is 0.0124 e. The Morgan fingerprint density at radius 3 is 2.25 bits per heavy atom. The van der Waals surface area contributed by atoms with E-state index < -0.39 is 0 Å². The second-order valence-electron chi connectivity index (χ2n) is 6.23. The fraction of sp³-hybridized carbons (Fsp3) is 1.00. The van der Waals surface area contributed by atoms with Gasteiger partial charge < -0.3 is 5.73 Å². The van der Waals surface area contributed by atoms with Crippen molar-refractivity contribution in [2.45, 2.75) is 77.4 Å². The molecule has 2 aliphatic carbocycles. The average Bonchev–Trinajstić information content (AvgIpc) is 3.01. The fourth-order valence-electron chi connectivity index (χ4n) is 3.30. The molecule has 1 atom stereocenters. The van der Waals surface area contributed by atoms with E-state index in [-0.39, 0.29) is 0 Å². The largest absolute Gasteiger partial charge is 0.328 e. The Kier molecular flexibility index (Phi) is 3.60. The molecule has 0 saturated heterocycles. The van der Waals surface area contributed by atoms with Gasteiger partial charge in [-0.1, -0.05) is 13.8 Å². The van der Waals surface area contributed by atoms with Gasteiger partial charge in [-0.3, -0.25) is 4.90 Å². The minimum atomic E-state index is 0.474. The van der Waals surface area contributed by atoms with Gasteiger partial charge in [0.2, 0.25) is 0 Å². The third kappa shape index (κ3) is 2.43. The highest BCUT2D eigenvalue weighted by Crippen LogP contribution is 2.50. The lowest BCUT2D eigenvalue weighted by atomic mass is 9.88. The molecule has 16 heavy (non-hydrogen) atoms. The summed E-state index contributed by atoms with van der Waals surface area (Å²) in [6.45, 7) is 8.41. The molecule has 0 aromatic rings. The third-order valence-corrected chi connectivity index (χ3v) is 5.12. The van der Waals surface area contributed by atoms with Crippen molar-refractivity contribution in [3.05, 3.63) is 0 Å². The summed E-state index contributed by atoms with van der Waals surface area (Å²) in [6, 6.07) is 2.04. The van der Waals surface area contributed by atoms with Gasteiger partial charge in [0.15, 0.2) is 0 Å². The van der Waals surface area contributed by atoms with Gasteiger partial charge in [-0.05, 0) is 57.4 Å². The predicted molar refractivity (Wildman–Crippen MR) is 69.4 cm³/mol. The van der Waals surface area contributed by atoms with Gasteiger partial charge in [-0.15, -0.1) is 0 Å². The second kappa shape index (κ2) is 4.66. The zero-order valence-corrected chi connectivity index (χ0v) is 11.2. The van der Waals surface area contributed by atoms with Crippen molar-refractivity contribution in [1.82, 2.24) is 4.90 Å². The zero-order chi connectivity index (χ0) is 11.8. The fourth-order valence-corrected chi connectivity index (χ4v) is 3.30. The molecule has 2 heteroatoms. The van der Waals surface area contributed by atoms with Crippen LogP contribution in [0.15, 0.2) is 0 Å². The molecule has 0 aliphatic heterocycles. The molecule has 2 N–H and O–H groups in total. The summed E-state index contributed by atoms with van der Waals surface area (Å²) in [7, 11) is 0. The van der Waals surface area contributed by atoms with Gasteiger partial charge in [0.25, 0.3) is 0 Å². The number of rotatable bonds is 4. The van der Waals surface area contributed by atoms with Crippen LogP contribution in [-0.4, -0.2) is 29.6 Å². The van der Waals surface area contributed by atoms with Crippen LogP contribution < -0.4 is 5.73 Å². The molecule has 0 spiro atoms. The summed E-state index contributed by atoms with van der Waals surface area (Å²) < 4.78 is 0. The van der Waals surface area contributed by atoms with E-state index in [0.717, 1.165) is 12.1 Å². The van der Waals surface area contributed by atoms with Crippen LogP contribution in [0.5, 0.6) is 0 Å². The Hall–Kier alpha value is -0.0800. The summed E-state index contributed by atoms with van der Waals surface area (Å²) in [4.78, 5) is 2.75. The average molecular weight is 224 g/mol. The molecule has 0 bridgehead atoms. The van der Waals surface area contributed by atoms with E-state index in [1.165, 1.54) is 45.1 Å². The van der Waals surface area contributed by atoms with Crippen LogP contribution in [0.2, 0.25) is 0 Å². The number of hydrogen-bond acceptors (Lipinski definition) is 2. The van der Waals surface area contributed by atoms with Gasteiger partial charge in [-0.2, -0.15) is 0 Å². The van der Waals surface area contributed by atoms with E-state index in [4.69, 9.17) is 5.73 Å². The van der Waals surface area contributed by atoms with E-state index in [1.807, 2.05) is 0 Å². The first-order chi connectivity index (χ1) is 7.57.